The van der Waals surface area contributed by atoms with E-state index in [9.17, 15) is 4.79 Å². The van der Waals surface area contributed by atoms with E-state index in [2.05, 4.69) is 36.4 Å². The van der Waals surface area contributed by atoms with Crippen LogP contribution in [0.3, 0.4) is 0 Å². The first-order chi connectivity index (χ1) is 16.6. The summed E-state index contributed by atoms with van der Waals surface area (Å²) < 4.78 is 20.5. The Bertz CT molecular complexity index is 1430. The van der Waals surface area contributed by atoms with Gasteiger partial charge in [-0.05, 0) is 25.1 Å². The van der Waals surface area contributed by atoms with Gasteiger partial charge in [-0.25, -0.2) is 4.39 Å². The Morgan fingerprint density at radius 3 is 1.62 bits per heavy atom. The molecule has 0 bridgehead atoms. The first-order valence-electron chi connectivity index (χ1n) is 11.1. The molecule has 0 radical (unpaired) electrons. The van der Waals surface area contributed by atoms with Gasteiger partial charge in [-0.15, -0.1) is 0 Å². The summed E-state index contributed by atoms with van der Waals surface area (Å²) in [5.74, 6) is -0.584. The minimum absolute atomic E-state index is 0.170. The van der Waals surface area contributed by atoms with Gasteiger partial charge in [0.05, 0.1) is 12.7 Å². The molecule has 166 valence electrons. The summed E-state index contributed by atoms with van der Waals surface area (Å²) in [6.45, 7) is 1.47. The molecule has 0 N–H and O–H groups in total. The Balaban J connectivity index is 1.97. The summed E-state index contributed by atoms with van der Waals surface area (Å²) >= 11 is 0. The van der Waals surface area contributed by atoms with E-state index < -0.39 is 12.9 Å². The highest BCUT2D eigenvalue weighted by Crippen LogP contribution is 2.50. The second-order valence-corrected chi connectivity index (χ2v) is 11.1. The number of rotatable bonds is 5. The van der Waals surface area contributed by atoms with E-state index >= 15 is 4.39 Å². The Morgan fingerprint density at radius 2 is 1.15 bits per heavy atom. The summed E-state index contributed by atoms with van der Waals surface area (Å²) in [7, 11) is -2.52. The third kappa shape index (κ3) is 3.79. The summed E-state index contributed by atoms with van der Waals surface area (Å²) in [5.41, 5.74) is 1.04. The normalized spacial score (nSPS) is 11.4. The highest BCUT2D eigenvalue weighted by Gasteiger charge is 2.28. The molecule has 0 aliphatic heterocycles. The lowest BCUT2D eigenvalue weighted by Crippen LogP contribution is -2.25. The van der Waals surface area contributed by atoms with Gasteiger partial charge in [-0.3, -0.25) is 9.54 Å². The van der Waals surface area contributed by atoms with Gasteiger partial charge in [0.15, 0.2) is 5.78 Å². The zero-order valence-corrected chi connectivity index (χ0v) is 19.6. The third-order valence-corrected chi connectivity index (χ3v) is 9.65. The molecule has 0 saturated carbocycles. The van der Waals surface area contributed by atoms with Gasteiger partial charge < -0.3 is 0 Å². The molecule has 0 fully saturated rings. The maximum Gasteiger partial charge on any atom is 0.160 e. The van der Waals surface area contributed by atoms with Gasteiger partial charge in [-0.1, -0.05) is 103 Å². The fraction of sp³-hybridized carbons (Fsp3) is 0.0333. The van der Waals surface area contributed by atoms with Crippen LogP contribution in [0.1, 0.15) is 17.3 Å². The SMILES string of the molecule is CC(=O)c1ccc(N=P(c2ccccc2)(c2ccccc2)c2ccccc2)c2cccc(F)c12. The van der Waals surface area contributed by atoms with Crippen LogP contribution in [0.5, 0.6) is 0 Å². The third-order valence-electron chi connectivity index (χ3n) is 5.99. The van der Waals surface area contributed by atoms with Crippen molar-refractivity contribution < 1.29 is 9.18 Å². The van der Waals surface area contributed by atoms with E-state index in [0.29, 0.717) is 22.0 Å². The summed E-state index contributed by atoms with van der Waals surface area (Å²) in [4.78, 5) is 12.3. The molecule has 0 aliphatic carbocycles. The Kier molecular flexibility index (Phi) is 5.96. The van der Waals surface area contributed by atoms with E-state index in [1.165, 1.54) is 13.0 Å². The highest BCUT2D eigenvalue weighted by atomic mass is 31.2. The first-order valence-corrected chi connectivity index (χ1v) is 12.9. The number of nitrogens with zero attached hydrogens (tertiary/aromatic N) is 1. The fourth-order valence-electron chi connectivity index (χ4n) is 4.44. The molecule has 0 saturated heterocycles. The van der Waals surface area contributed by atoms with Crippen LogP contribution >= 0.6 is 7.05 Å². The lowest BCUT2D eigenvalue weighted by atomic mass is 10.0. The van der Waals surface area contributed by atoms with E-state index in [1.54, 1.807) is 12.1 Å². The largest absolute Gasteiger partial charge is 0.294 e. The summed E-state index contributed by atoms with van der Waals surface area (Å²) in [5, 5.41) is 4.27. The second-order valence-electron chi connectivity index (χ2n) is 8.09. The van der Waals surface area contributed by atoms with Gasteiger partial charge in [0, 0.05) is 32.2 Å². The molecule has 0 aromatic heterocycles. The molecular weight excluding hydrogens is 440 g/mol. The van der Waals surface area contributed by atoms with Gasteiger partial charge >= 0.3 is 0 Å². The Morgan fingerprint density at radius 1 is 0.647 bits per heavy atom. The molecule has 0 amide bonds. The molecule has 0 atom stereocenters. The van der Waals surface area contributed by atoms with Gasteiger partial charge in [0.25, 0.3) is 0 Å². The zero-order chi connectivity index (χ0) is 23.5. The maximum atomic E-state index is 15.0. The minimum atomic E-state index is -2.52. The molecule has 0 aliphatic rings. The average Bonchev–Trinajstić information content (AvgIpc) is 2.89. The first kappa shape index (κ1) is 22.0. The number of ketones is 1. The standard InChI is InChI=1S/C30H23FNOP/c1-22(33)26-20-21-29(27-18-11-19-28(31)30(26)27)32-34(23-12-5-2-6-13-23,24-14-7-3-8-15-24)25-16-9-4-10-17-25/h2-21H,1H3. The molecule has 4 heteroatoms. The number of fused-ring (bicyclic) bond motifs is 1. The number of benzene rings is 5. The molecule has 5 aromatic carbocycles. The van der Waals surface area contributed by atoms with Crippen molar-refractivity contribution in [3.05, 3.63) is 133 Å². The molecule has 2 nitrogen and oxygen atoms in total. The predicted octanol–water partition coefficient (Wildman–Crippen LogP) is 6.99. The molecular formula is C30H23FNOP. The quantitative estimate of drug-likeness (QED) is 0.204. The van der Waals surface area contributed by atoms with Crippen molar-refractivity contribution in [1.82, 2.24) is 0 Å². The van der Waals surface area contributed by atoms with Crippen LogP contribution in [0.15, 0.2) is 126 Å². The zero-order valence-electron chi connectivity index (χ0n) is 18.7. The van der Waals surface area contributed by atoms with Crippen LogP contribution in [-0.4, -0.2) is 5.78 Å². The van der Waals surface area contributed by atoms with Crippen molar-refractivity contribution in [1.29, 1.82) is 0 Å². The fourth-order valence-corrected chi connectivity index (χ4v) is 7.99. The van der Waals surface area contributed by atoms with E-state index in [-0.39, 0.29) is 5.78 Å². The van der Waals surface area contributed by atoms with Crippen molar-refractivity contribution in [2.24, 2.45) is 4.74 Å². The number of hydrogen-bond donors (Lipinski definition) is 0. The molecule has 0 unspecified atom stereocenters. The molecule has 0 spiro atoms. The monoisotopic (exact) mass is 463 g/mol. The van der Waals surface area contributed by atoms with Crippen LogP contribution < -0.4 is 15.9 Å². The van der Waals surface area contributed by atoms with Crippen molar-refractivity contribution in [3.63, 3.8) is 0 Å². The molecule has 5 aromatic rings. The van der Waals surface area contributed by atoms with Crippen LogP contribution in [0.2, 0.25) is 0 Å². The number of hydrogen-bond acceptors (Lipinski definition) is 2. The van der Waals surface area contributed by atoms with Crippen molar-refractivity contribution in [2.75, 3.05) is 0 Å². The maximum absolute atomic E-state index is 15.0. The summed E-state index contributed by atoms with van der Waals surface area (Å²) in [6.07, 6.45) is 0. The number of carbonyl (C=O) groups is 1. The predicted molar refractivity (Wildman–Crippen MR) is 141 cm³/mol. The molecule has 34 heavy (non-hydrogen) atoms. The van der Waals surface area contributed by atoms with Gasteiger partial charge in [-0.2, -0.15) is 0 Å². The molecule has 5 rings (SSSR count). The lowest BCUT2D eigenvalue weighted by Gasteiger charge is -2.27. The van der Waals surface area contributed by atoms with Crippen molar-refractivity contribution >= 4 is 45.2 Å². The van der Waals surface area contributed by atoms with Crippen LogP contribution in [-0.2, 0) is 0 Å². The number of halogens is 1. The van der Waals surface area contributed by atoms with E-state index in [0.717, 1.165) is 15.9 Å². The highest BCUT2D eigenvalue weighted by molar-refractivity contribution is 7.87. The van der Waals surface area contributed by atoms with E-state index in [1.807, 2.05) is 66.7 Å². The van der Waals surface area contributed by atoms with Crippen LogP contribution in [0.4, 0.5) is 10.1 Å². The molecule has 0 heterocycles. The number of carbonyl (C=O) groups excluding carboxylic acids is 1. The van der Waals surface area contributed by atoms with Gasteiger partial charge in [0.2, 0.25) is 0 Å². The smallest absolute Gasteiger partial charge is 0.160 e. The van der Waals surface area contributed by atoms with Gasteiger partial charge in [0.1, 0.15) is 5.82 Å². The lowest BCUT2D eigenvalue weighted by molar-refractivity contribution is 0.101. The topological polar surface area (TPSA) is 29.4 Å². The Hall–Kier alpha value is -3.81. The summed E-state index contributed by atoms with van der Waals surface area (Å²) in [6, 6.07) is 39.3. The minimum Gasteiger partial charge on any atom is -0.294 e. The average molecular weight is 463 g/mol. The van der Waals surface area contributed by atoms with Crippen LogP contribution in [0, 0.1) is 5.82 Å². The van der Waals surface area contributed by atoms with Crippen molar-refractivity contribution in [3.8, 4) is 0 Å². The number of Topliss-reactive ketones (excluding diaryl/α,β-unsaturated/α-hetero) is 1. The second kappa shape index (κ2) is 9.21. The van der Waals surface area contributed by atoms with Crippen LogP contribution in [0.25, 0.3) is 10.8 Å². The van der Waals surface area contributed by atoms with E-state index in [4.69, 9.17) is 4.74 Å². The Labute approximate surface area is 198 Å². The van der Waals surface area contributed by atoms with Crippen molar-refractivity contribution in [2.45, 2.75) is 6.92 Å².